The first-order valence-corrected chi connectivity index (χ1v) is 6.52. The molecule has 0 aromatic rings. The molecule has 0 amide bonds. The Hall–Kier alpha value is -0.0800. The van der Waals surface area contributed by atoms with Gasteiger partial charge in [0, 0.05) is 12.1 Å². The molecule has 0 radical (unpaired) electrons. The second kappa shape index (κ2) is 5.31. The van der Waals surface area contributed by atoms with Crippen LogP contribution in [-0.2, 0) is 0 Å². The molecule has 0 heterocycles. The van der Waals surface area contributed by atoms with Crippen molar-refractivity contribution in [1.82, 2.24) is 4.90 Å². The maximum Gasteiger partial charge on any atom is 0.0252 e. The fraction of sp³-hybridized carbons (Fsp3) is 1.00. The Morgan fingerprint density at radius 2 is 1.73 bits per heavy atom. The van der Waals surface area contributed by atoms with Gasteiger partial charge in [-0.3, -0.25) is 4.90 Å². The van der Waals surface area contributed by atoms with E-state index < -0.39 is 0 Å². The van der Waals surface area contributed by atoms with Gasteiger partial charge < -0.3 is 5.73 Å². The van der Waals surface area contributed by atoms with Crippen molar-refractivity contribution in [3.63, 3.8) is 0 Å². The van der Waals surface area contributed by atoms with Gasteiger partial charge in [0.2, 0.25) is 0 Å². The lowest BCUT2D eigenvalue weighted by Gasteiger charge is -2.34. The second-order valence-electron chi connectivity index (χ2n) is 5.66. The summed E-state index contributed by atoms with van der Waals surface area (Å²) in [6.45, 7) is 11.6. The van der Waals surface area contributed by atoms with Gasteiger partial charge in [-0.1, -0.05) is 27.7 Å². The van der Waals surface area contributed by atoms with Crippen molar-refractivity contribution in [2.75, 3.05) is 13.1 Å². The van der Waals surface area contributed by atoms with Crippen molar-refractivity contribution in [3.8, 4) is 0 Å². The topological polar surface area (TPSA) is 29.3 Å². The summed E-state index contributed by atoms with van der Waals surface area (Å²) in [6, 6.07) is 0.982. The highest BCUT2D eigenvalue weighted by Crippen LogP contribution is 2.38. The quantitative estimate of drug-likeness (QED) is 0.759. The van der Waals surface area contributed by atoms with Crippen molar-refractivity contribution >= 4 is 0 Å². The first-order valence-electron chi connectivity index (χ1n) is 6.52. The molecule has 1 fully saturated rings. The molecule has 0 spiro atoms. The third kappa shape index (κ3) is 2.94. The Bertz CT molecular complexity index is 183. The van der Waals surface area contributed by atoms with E-state index in [4.69, 9.17) is 5.73 Å². The number of rotatable bonds is 5. The van der Waals surface area contributed by atoms with Crippen LogP contribution in [0.4, 0.5) is 0 Å². The van der Waals surface area contributed by atoms with Gasteiger partial charge in [-0.25, -0.2) is 0 Å². The molecular formula is C13H28N2. The summed E-state index contributed by atoms with van der Waals surface area (Å²) < 4.78 is 0. The third-order valence-electron chi connectivity index (χ3n) is 3.89. The minimum Gasteiger partial charge on any atom is -0.326 e. The molecule has 2 atom stereocenters. The van der Waals surface area contributed by atoms with Crippen LogP contribution in [0, 0.1) is 5.41 Å². The number of hydrogen-bond donors (Lipinski definition) is 1. The summed E-state index contributed by atoms with van der Waals surface area (Å²) in [7, 11) is 0. The summed E-state index contributed by atoms with van der Waals surface area (Å²) in [5.74, 6) is 0. The average Bonchev–Trinajstić information content (AvgIpc) is 2.43. The van der Waals surface area contributed by atoms with Crippen LogP contribution in [0.1, 0.15) is 53.4 Å². The van der Waals surface area contributed by atoms with Crippen LogP contribution in [0.25, 0.3) is 0 Å². The summed E-state index contributed by atoms with van der Waals surface area (Å²) in [6.07, 6.45) is 5.05. The minimum absolute atomic E-state index is 0.338. The zero-order valence-corrected chi connectivity index (χ0v) is 10.9. The molecule has 1 saturated carbocycles. The van der Waals surface area contributed by atoms with E-state index in [-0.39, 0.29) is 0 Å². The predicted octanol–water partition coefficient (Wildman–Crippen LogP) is 2.62. The molecule has 1 rings (SSSR count). The lowest BCUT2D eigenvalue weighted by Crippen LogP contribution is -2.49. The van der Waals surface area contributed by atoms with E-state index in [1.165, 1.54) is 38.8 Å². The van der Waals surface area contributed by atoms with E-state index >= 15 is 0 Å². The smallest absolute Gasteiger partial charge is 0.0252 e. The fourth-order valence-electron chi connectivity index (χ4n) is 2.81. The average molecular weight is 212 g/mol. The Morgan fingerprint density at radius 1 is 1.20 bits per heavy atom. The number of nitrogens with two attached hydrogens (primary N) is 1. The fourth-order valence-corrected chi connectivity index (χ4v) is 2.81. The molecule has 2 nitrogen and oxygen atoms in total. The van der Waals surface area contributed by atoms with E-state index in [1.54, 1.807) is 0 Å². The van der Waals surface area contributed by atoms with E-state index in [9.17, 15) is 0 Å². The molecule has 15 heavy (non-hydrogen) atoms. The Labute approximate surface area is 95.2 Å². The summed E-state index contributed by atoms with van der Waals surface area (Å²) in [4.78, 5) is 2.61. The van der Waals surface area contributed by atoms with Crippen LogP contribution in [0.3, 0.4) is 0 Å². The molecule has 0 aliphatic heterocycles. The van der Waals surface area contributed by atoms with E-state index in [0.717, 1.165) is 0 Å². The molecule has 2 N–H and O–H groups in total. The molecule has 90 valence electrons. The zero-order chi connectivity index (χ0) is 11.5. The maximum absolute atomic E-state index is 6.38. The van der Waals surface area contributed by atoms with Crippen molar-refractivity contribution in [1.29, 1.82) is 0 Å². The van der Waals surface area contributed by atoms with Crippen molar-refractivity contribution < 1.29 is 0 Å². The maximum atomic E-state index is 6.38. The van der Waals surface area contributed by atoms with Gasteiger partial charge in [0.05, 0.1) is 0 Å². The zero-order valence-electron chi connectivity index (χ0n) is 10.9. The molecule has 2 unspecified atom stereocenters. The SMILES string of the molecule is CCCN(CCC)C1CCC(C)(C)C1N. The van der Waals surface area contributed by atoms with Gasteiger partial charge in [-0.2, -0.15) is 0 Å². The van der Waals surface area contributed by atoms with Crippen molar-refractivity contribution in [3.05, 3.63) is 0 Å². The first kappa shape index (κ1) is 13.0. The first-order chi connectivity index (χ1) is 7.03. The lowest BCUT2D eigenvalue weighted by atomic mass is 9.87. The van der Waals surface area contributed by atoms with Crippen LogP contribution < -0.4 is 5.73 Å². The van der Waals surface area contributed by atoms with Gasteiger partial charge in [0.15, 0.2) is 0 Å². The third-order valence-corrected chi connectivity index (χ3v) is 3.89. The van der Waals surface area contributed by atoms with Gasteiger partial charge in [0.1, 0.15) is 0 Å². The second-order valence-corrected chi connectivity index (χ2v) is 5.66. The van der Waals surface area contributed by atoms with Crippen LogP contribution in [0.15, 0.2) is 0 Å². The molecule has 2 heteroatoms. The normalized spacial score (nSPS) is 30.0. The van der Waals surface area contributed by atoms with Gasteiger partial charge in [-0.15, -0.1) is 0 Å². The molecule has 0 saturated heterocycles. The Kier molecular flexibility index (Phi) is 4.60. The van der Waals surface area contributed by atoms with Crippen LogP contribution in [0.5, 0.6) is 0 Å². The van der Waals surface area contributed by atoms with Crippen molar-refractivity contribution in [2.24, 2.45) is 11.1 Å². The lowest BCUT2D eigenvalue weighted by molar-refractivity contribution is 0.164. The number of nitrogens with zero attached hydrogens (tertiary/aromatic N) is 1. The monoisotopic (exact) mass is 212 g/mol. The summed E-state index contributed by atoms with van der Waals surface area (Å²) >= 11 is 0. The Balaban J connectivity index is 2.60. The van der Waals surface area contributed by atoms with Crippen LogP contribution >= 0.6 is 0 Å². The highest BCUT2D eigenvalue weighted by atomic mass is 15.2. The largest absolute Gasteiger partial charge is 0.326 e. The van der Waals surface area contributed by atoms with Gasteiger partial charge >= 0.3 is 0 Å². The predicted molar refractivity (Wildman–Crippen MR) is 66.9 cm³/mol. The summed E-state index contributed by atoms with van der Waals surface area (Å²) in [5.41, 5.74) is 6.71. The highest BCUT2D eigenvalue weighted by molar-refractivity contribution is 4.99. The minimum atomic E-state index is 0.338. The molecule has 1 aliphatic carbocycles. The van der Waals surface area contributed by atoms with Crippen LogP contribution in [0.2, 0.25) is 0 Å². The summed E-state index contributed by atoms with van der Waals surface area (Å²) in [5, 5.41) is 0. The van der Waals surface area contributed by atoms with Crippen molar-refractivity contribution in [2.45, 2.75) is 65.5 Å². The van der Waals surface area contributed by atoms with Gasteiger partial charge in [-0.05, 0) is 44.2 Å². The standard InChI is InChI=1S/C13H28N2/c1-5-9-15(10-6-2)11-7-8-13(3,4)12(11)14/h11-12H,5-10,14H2,1-4H3. The number of hydrogen-bond acceptors (Lipinski definition) is 2. The molecule has 0 aromatic carbocycles. The van der Waals surface area contributed by atoms with Gasteiger partial charge in [0.25, 0.3) is 0 Å². The van der Waals surface area contributed by atoms with E-state index in [2.05, 4.69) is 32.6 Å². The van der Waals surface area contributed by atoms with Crippen LogP contribution in [-0.4, -0.2) is 30.1 Å². The Morgan fingerprint density at radius 3 is 2.07 bits per heavy atom. The van der Waals surface area contributed by atoms with E-state index in [1.807, 2.05) is 0 Å². The molecular weight excluding hydrogens is 184 g/mol. The van der Waals surface area contributed by atoms with E-state index in [0.29, 0.717) is 17.5 Å². The highest BCUT2D eigenvalue weighted by Gasteiger charge is 2.41. The molecule has 1 aliphatic rings. The molecule has 0 aromatic heterocycles. The molecule has 0 bridgehead atoms.